The predicted octanol–water partition coefficient (Wildman–Crippen LogP) is 3.19. The molecule has 7 N–H and O–H groups in total. The topological polar surface area (TPSA) is 134 Å². The van der Waals surface area contributed by atoms with E-state index in [2.05, 4.69) is 5.32 Å². The van der Waals surface area contributed by atoms with Crippen molar-refractivity contribution >= 4 is 28.5 Å². The summed E-state index contributed by atoms with van der Waals surface area (Å²) in [7, 11) is 0. The second kappa shape index (κ2) is 8.77. The van der Waals surface area contributed by atoms with Crippen LogP contribution in [0.4, 0.5) is 0 Å². The fraction of sp³-hybridized carbons (Fsp3) is 0.0800. The van der Waals surface area contributed by atoms with Crippen LogP contribution in [0.1, 0.15) is 32.6 Å². The zero-order valence-corrected chi connectivity index (χ0v) is 17.4. The Morgan fingerprint density at radius 3 is 2.16 bits per heavy atom. The first-order chi connectivity index (χ1) is 15.4. The molecule has 4 aromatic rings. The summed E-state index contributed by atoms with van der Waals surface area (Å²) in [6, 6.07) is 22.6. The number of fused-ring (bicyclic) bond motifs is 1. The first-order valence-corrected chi connectivity index (χ1v) is 10.1. The van der Waals surface area contributed by atoms with Gasteiger partial charge in [0.05, 0.1) is 5.56 Å². The Morgan fingerprint density at radius 1 is 0.844 bits per heavy atom. The van der Waals surface area contributed by atoms with E-state index in [1.807, 2.05) is 65.4 Å². The number of aromatic nitrogens is 1. The molecule has 3 aromatic carbocycles. The number of carbonyl (C=O) groups excluding carboxylic acids is 1. The van der Waals surface area contributed by atoms with E-state index in [9.17, 15) is 4.79 Å². The minimum atomic E-state index is -0.175. The summed E-state index contributed by atoms with van der Waals surface area (Å²) in [5.41, 5.74) is 15.9. The zero-order chi connectivity index (χ0) is 22.7. The summed E-state index contributed by atoms with van der Waals surface area (Å²) in [6.07, 6.45) is 1.85. The zero-order valence-electron chi connectivity index (χ0n) is 17.4. The maximum Gasteiger partial charge on any atom is 0.253 e. The van der Waals surface area contributed by atoms with Crippen LogP contribution in [0.2, 0.25) is 0 Å². The highest BCUT2D eigenvalue weighted by Gasteiger charge is 2.15. The van der Waals surface area contributed by atoms with Crippen molar-refractivity contribution in [3.63, 3.8) is 0 Å². The van der Waals surface area contributed by atoms with Crippen molar-refractivity contribution in [2.24, 2.45) is 11.5 Å². The van der Waals surface area contributed by atoms with E-state index in [4.69, 9.17) is 22.3 Å². The van der Waals surface area contributed by atoms with Crippen molar-refractivity contribution in [2.45, 2.75) is 13.1 Å². The highest BCUT2D eigenvalue weighted by atomic mass is 16.1. The number of para-hydroxylation sites is 1. The molecule has 0 saturated heterocycles. The minimum Gasteiger partial charge on any atom is -0.384 e. The molecule has 160 valence electrons. The third kappa shape index (κ3) is 4.37. The van der Waals surface area contributed by atoms with E-state index in [-0.39, 0.29) is 17.6 Å². The number of benzene rings is 3. The molecule has 1 aromatic heterocycles. The average molecular weight is 425 g/mol. The number of amidine groups is 2. The quantitative estimate of drug-likeness (QED) is 0.230. The highest BCUT2D eigenvalue weighted by Crippen LogP contribution is 2.23. The molecule has 32 heavy (non-hydrogen) atoms. The SMILES string of the molecule is N=C(N)c1cccc(CNC(=O)c2cn(Cc3cccc(C(=N)N)c3)c3ccccc23)c1. The molecule has 0 aliphatic rings. The molecular weight excluding hydrogens is 400 g/mol. The number of hydrogen-bond acceptors (Lipinski definition) is 3. The van der Waals surface area contributed by atoms with Gasteiger partial charge in [0.2, 0.25) is 0 Å². The molecule has 0 bridgehead atoms. The highest BCUT2D eigenvalue weighted by molar-refractivity contribution is 6.07. The third-order valence-corrected chi connectivity index (χ3v) is 5.32. The van der Waals surface area contributed by atoms with Crippen LogP contribution in [0.25, 0.3) is 10.9 Å². The van der Waals surface area contributed by atoms with Crippen LogP contribution in [0.15, 0.2) is 79.0 Å². The number of nitrogens with two attached hydrogens (primary N) is 2. The number of carbonyl (C=O) groups is 1. The summed E-state index contributed by atoms with van der Waals surface area (Å²) in [4.78, 5) is 13.0. The summed E-state index contributed by atoms with van der Waals surface area (Å²) in [6.45, 7) is 0.885. The van der Waals surface area contributed by atoms with Gasteiger partial charge < -0.3 is 21.4 Å². The second-order valence-electron chi connectivity index (χ2n) is 7.60. The lowest BCUT2D eigenvalue weighted by atomic mass is 10.1. The Kier molecular flexibility index (Phi) is 5.72. The lowest BCUT2D eigenvalue weighted by molar-refractivity contribution is 0.0952. The van der Waals surface area contributed by atoms with Gasteiger partial charge in [-0.3, -0.25) is 15.6 Å². The molecule has 0 atom stereocenters. The molecular formula is C25H24N6O. The van der Waals surface area contributed by atoms with E-state index >= 15 is 0 Å². The van der Waals surface area contributed by atoms with Crippen molar-refractivity contribution in [1.82, 2.24) is 9.88 Å². The standard InChI is InChI=1S/C25H24N6O/c26-23(27)18-7-3-5-16(11-18)13-30-25(32)21-15-31(22-10-2-1-9-20(21)22)14-17-6-4-8-19(12-17)24(28)29/h1-12,15H,13-14H2,(H3,26,27)(H3,28,29)(H,30,32). The number of hydrogen-bond donors (Lipinski definition) is 5. The lowest BCUT2D eigenvalue weighted by Gasteiger charge is -2.07. The Labute approximate surface area is 185 Å². The first kappa shape index (κ1) is 20.9. The lowest BCUT2D eigenvalue weighted by Crippen LogP contribution is -2.23. The van der Waals surface area contributed by atoms with E-state index in [0.717, 1.165) is 22.0 Å². The van der Waals surface area contributed by atoms with Crippen molar-refractivity contribution in [1.29, 1.82) is 10.8 Å². The van der Waals surface area contributed by atoms with Crippen LogP contribution in [0, 0.1) is 10.8 Å². The van der Waals surface area contributed by atoms with E-state index < -0.39 is 0 Å². The van der Waals surface area contributed by atoms with E-state index in [0.29, 0.717) is 29.8 Å². The maximum absolute atomic E-state index is 13.0. The molecule has 4 rings (SSSR count). The monoisotopic (exact) mass is 424 g/mol. The van der Waals surface area contributed by atoms with Gasteiger partial charge in [-0.1, -0.05) is 54.6 Å². The molecule has 0 unspecified atom stereocenters. The molecule has 0 fully saturated rings. The van der Waals surface area contributed by atoms with Crippen molar-refractivity contribution in [3.05, 3.63) is 107 Å². The molecule has 0 spiro atoms. The Hall–Kier alpha value is -4.39. The number of rotatable bonds is 7. The second-order valence-corrected chi connectivity index (χ2v) is 7.60. The Balaban J connectivity index is 1.59. The summed E-state index contributed by atoms with van der Waals surface area (Å²) in [5.74, 6) is -0.154. The van der Waals surface area contributed by atoms with E-state index in [1.54, 1.807) is 18.2 Å². The van der Waals surface area contributed by atoms with Gasteiger partial charge in [0.1, 0.15) is 11.7 Å². The first-order valence-electron chi connectivity index (χ1n) is 10.1. The van der Waals surface area contributed by atoms with Crippen molar-refractivity contribution in [3.8, 4) is 0 Å². The van der Waals surface area contributed by atoms with Crippen LogP contribution in [0.5, 0.6) is 0 Å². The van der Waals surface area contributed by atoms with Gasteiger partial charge in [-0.25, -0.2) is 0 Å². The maximum atomic E-state index is 13.0. The third-order valence-electron chi connectivity index (χ3n) is 5.32. The van der Waals surface area contributed by atoms with Gasteiger partial charge in [0, 0.05) is 41.3 Å². The number of nitrogens with zero attached hydrogens (tertiary/aromatic N) is 1. The minimum absolute atomic E-state index is 0.00455. The molecule has 0 saturated carbocycles. The molecule has 0 radical (unpaired) electrons. The summed E-state index contributed by atoms with van der Waals surface area (Å²) >= 11 is 0. The number of nitrogen functional groups attached to an aromatic ring is 2. The van der Waals surface area contributed by atoms with Gasteiger partial charge >= 0.3 is 0 Å². The number of nitrogens with one attached hydrogen (secondary N) is 3. The van der Waals surface area contributed by atoms with Gasteiger partial charge in [-0.15, -0.1) is 0 Å². The van der Waals surface area contributed by atoms with Crippen LogP contribution in [0.3, 0.4) is 0 Å². The number of amides is 1. The summed E-state index contributed by atoms with van der Waals surface area (Å²) < 4.78 is 2.03. The Bertz CT molecular complexity index is 1340. The van der Waals surface area contributed by atoms with Crippen LogP contribution in [-0.2, 0) is 13.1 Å². The van der Waals surface area contributed by atoms with Gasteiger partial charge in [0.25, 0.3) is 5.91 Å². The molecule has 7 heteroatoms. The van der Waals surface area contributed by atoms with E-state index in [1.165, 1.54) is 0 Å². The normalized spacial score (nSPS) is 10.8. The summed E-state index contributed by atoms with van der Waals surface area (Å²) in [5, 5.41) is 19.1. The van der Waals surface area contributed by atoms with Crippen LogP contribution in [-0.4, -0.2) is 22.1 Å². The van der Waals surface area contributed by atoms with Crippen LogP contribution < -0.4 is 16.8 Å². The average Bonchev–Trinajstić information content (AvgIpc) is 3.16. The van der Waals surface area contributed by atoms with Crippen molar-refractivity contribution in [2.75, 3.05) is 0 Å². The fourth-order valence-electron chi connectivity index (χ4n) is 3.72. The molecule has 0 aliphatic carbocycles. The predicted molar refractivity (Wildman–Crippen MR) is 127 cm³/mol. The van der Waals surface area contributed by atoms with Crippen molar-refractivity contribution < 1.29 is 4.79 Å². The molecule has 7 nitrogen and oxygen atoms in total. The van der Waals surface area contributed by atoms with Gasteiger partial charge in [-0.2, -0.15) is 0 Å². The largest absolute Gasteiger partial charge is 0.384 e. The molecule has 1 amide bonds. The Morgan fingerprint density at radius 2 is 1.47 bits per heavy atom. The van der Waals surface area contributed by atoms with Gasteiger partial charge in [0.15, 0.2) is 0 Å². The van der Waals surface area contributed by atoms with Crippen LogP contribution >= 0.6 is 0 Å². The smallest absolute Gasteiger partial charge is 0.253 e. The molecule has 1 heterocycles. The molecule has 0 aliphatic heterocycles. The van der Waals surface area contributed by atoms with Gasteiger partial charge in [-0.05, 0) is 29.3 Å². The fourth-order valence-corrected chi connectivity index (χ4v) is 3.72.